The summed E-state index contributed by atoms with van der Waals surface area (Å²) in [5.74, 6) is 0. The fourth-order valence-corrected chi connectivity index (χ4v) is 2.67. The van der Waals surface area contributed by atoms with Crippen LogP contribution in [0.2, 0.25) is 0 Å². The van der Waals surface area contributed by atoms with E-state index in [1.807, 2.05) is 14.0 Å². The van der Waals surface area contributed by atoms with Crippen molar-refractivity contribution in [2.45, 2.75) is 25.5 Å². The Hall–Kier alpha value is -0.580. The number of nitrogens with one attached hydrogen (secondary N) is 1. The number of halogens is 1. The standard InChI is InChI=1S/C13H19BrN2O/c1-13(17)5-6-16(9-13)12-7-11(14)4-3-10(12)8-15-2/h3-4,7,15,17H,5-6,8-9H2,1-2H3. The summed E-state index contributed by atoms with van der Waals surface area (Å²) in [4.78, 5) is 2.26. The summed E-state index contributed by atoms with van der Waals surface area (Å²) in [5.41, 5.74) is 1.93. The Morgan fingerprint density at radius 2 is 2.29 bits per heavy atom. The minimum absolute atomic E-state index is 0.556. The van der Waals surface area contributed by atoms with Crippen molar-refractivity contribution in [1.82, 2.24) is 5.32 Å². The zero-order chi connectivity index (χ0) is 12.5. The number of anilines is 1. The minimum atomic E-state index is -0.556. The monoisotopic (exact) mass is 298 g/mol. The number of hydrogen-bond acceptors (Lipinski definition) is 3. The van der Waals surface area contributed by atoms with E-state index in [2.05, 4.69) is 44.3 Å². The molecule has 0 saturated carbocycles. The Morgan fingerprint density at radius 1 is 1.53 bits per heavy atom. The van der Waals surface area contributed by atoms with E-state index in [0.717, 1.165) is 24.0 Å². The summed E-state index contributed by atoms with van der Waals surface area (Å²) in [6.45, 7) is 4.38. The average molecular weight is 299 g/mol. The molecule has 1 atom stereocenters. The van der Waals surface area contributed by atoms with Crippen LogP contribution in [0.5, 0.6) is 0 Å². The van der Waals surface area contributed by atoms with Gasteiger partial charge in [-0.05, 0) is 38.1 Å². The van der Waals surface area contributed by atoms with Crippen LogP contribution in [0.3, 0.4) is 0 Å². The van der Waals surface area contributed by atoms with Crippen molar-refractivity contribution in [3.05, 3.63) is 28.2 Å². The third kappa shape index (κ3) is 3.00. The highest BCUT2D eigenvalue weighted by atomic mass is 79.9. The van der Waals surface area contributed by atoms with Gasteiger partial charge in [-0.3, -0.25) is 0 Å². The number of hydrogen-bond donors (Lipinski definition) is 2. The smallest absolute Gasteiger partial charge is 0.0810 e. The number of rotatable bonds is 3. The van der Waals surface area contributed by atoms with E-state index in [1.54, 1.807) is 0 Å². The molecule has 1 aliphatic heterocycles. The molecule has 1 aromatic carbocycles. The fourth-order valence-electron chi connectivity index (χ4n) is 2.32. The van der Waals surface area contributed by atoms with Gasteiger partial charge in [-0.25, -0.2) is 0 Å². The van der Waals surface area contributed by atoms with E-state index in [4.69, 9.17) is 0 Å². The van der Waals surface area contributed by atoms with Gasteiger partial charge in [0.2, 0.25) is 0 Å². The lowest BCUT2D eigenvalue weighted by Crippen LogP contribution is -2.30. The molecular formula is C13H19BrN2O. The van der Waals surface area contributed by atoms with E-state index in [-0.39, 0.29) is 0 Å². The van der Waals surface area contributed by atoms with Crippen LogP contribution < -0.4 is 10.2 Å². The third-order valence-electron chi connectivity index (χ3n) is 3.21. The molecule has 1 saturated heterocycles. The Morgan fingerprint density at radius 3 is 2.88 bits per heavy atom. The molecular weight excluding hydrogens is 280 g/mol. The molecule has 1 aromatic rings. The first-order valence-electron chi connectivity index (χ1n) is 5.92. The van der Waals surface area contributed by atoms with Gasteiger partial charge < -0.3 is 15.3 Å². The molecule has 1 heterocycles. The number of β-amino-alcohol motifs (C(OH)–C–C–N with tert-alkyl or cyclic N) is 1. The zero-order valence-electron chi connectivity index (χ0n) is 10.3. The Labute approximate surface area is 111 Å². The summed E-state index contributed by atoms with van der Waals surface area (Å²) >= 11 is 3.51. The molecule has 2 rings (SSSR count). The molecule has 0 spiro atoms. The van der Waals surface area contributed by atoms with Crippen LogP contribution in [0, 0.1) is 0 Å². The van der Waals surface area contributed by atoms with E-state index >= 15 is 0 Å². The number of benzene rings is 1. The van der Waals surface area contributed by atoms with Crippen LogP contribution in [0.25, 0.3) is 0 Å². The second kappa shape index (κ2) is 4.96. The predicted octanol–water partition coefficient (Wildman–Crippen LogP) is 2.13. The van der Waals surface area contributed by atoms with E-state index in [9.17, 15) is 5.11 Å². The first kappa shape index (κ1) is 12.9. The van der Waals surface area contributed by atoms with Gasteiger partial charge >= 0.3 is 0 Å². The Kier molecular flexibility index (Phi) is 3.76. The first-order chi connectivity index (χ1) is 8.02. The fraction of sp³-hybridized carbons (Fsp3) is 0.538. The van der Waals surface area contributed by atoms with Gasteiger partial charge in [0, 0.05) is 29.8 Å². The maximum atomic E-state index is 10.0. The van der Waals surface area contributed by atoms with Crippen molar-refractivity contribution in [2.75, 3.05) is 25.0 Å². The van der Waals surface area contributed by atoms with Gasteiger partial charge in [0.1, 0.15) is 0 Å². The normalized spacial score (nSPS) is 24.4. The lowest BCUT2D eigenvalue weighted by molar-refractivity contribution is 0.0839. The number of aliphatic hydroxyl groups is 1. The zero-order valence-corrected chi connectivity index (χ0v) is 11.9. The van der Waals surface area contributed by atoms with Crippen molar-refractivity contribution >= 4 is 21.6 Å². The second-order valence-electron chi connectivity index (χ2n) is 4.97. The van der Waals surface area contributed by atoms with Gasteiger partial charge in [0.15, 0.2) is 0 Å². The molecule has 0 aromatic heterocycles. The molecule has 1 aliphatic rings. The van der Waals surface area contributed by atoms with Crippen LogP contribution in [0.4, 0.5) is 5.69 Å². The molecule has 4 heteroatoms. The minimum Gasteiger partial charge on any atom is -0.388 e. The summed E-state index contributed by atoms with van der Waals surface area (Å²) in [7, 11) is 1.95. The molecule has 3 nitrogen and oxygen atoms in total. The molecule has 1 unspecified atom stereocenters. The van der Waals surface area contributed by atoms with Crippen molar-refractivity contribution in [3.8, 4) is 0 Å². The van der Waals surface area contributed by atoms with Gasteiger partial charge in [-0.1, -0.05) is 22.0 Å². The van der Waals surface area contributed by atoms with Crippen LogP contribution in [0.15, 0.2) is 22.7 Å². The quantitative estimate of drug-likeness (QED) is 0.897. The summed E-state index contributed by atoms with van der Waals surface area (Å²) in [5, 5.41) is 13.2. The van der Waals surface area contributed by atoms with Crippen LogP contribution in [0.1, 0.15) is 18.9 Å². The third-order valence-corrected chi connectivity index (χ3v) is 3.70. The first-order valence-corrected chi connectivity index (χ1v) is 6.71. The maximum absolute atomic E-state index is 10.0. The number of nitrogens with zero attached hydrogens (tertiary/aromatic N) is 1. The van der Waals surface area contributed by atoms with Gasteiger partial charge in [-0.2, -0.15) is 0 Å². The average Bonchev–Trinajstić information content (AvgIpc) is 2.62. The maximum Gasteiger partial charge on any atom is 0.0810 e. The summed E-state index contributed by atoms with van der Waals surface area (Å²) in [6, 6.07) is 6.32. The molecule has 0 radical (unpaired) electrons. The van der Waals surface area contributed by atoms with Crippen molar-refractivity contribution in [2.24, 2.45) is 0 Å². The highest BCUT2D eigenvalue weighted by Gasteiger charge is 2.32. The molecule has 0 amide bonds. The SMILES string of the molecule is CNCc1ccc(Br)cc1N1CCC(C)(O)C1. The second-order valence-corrected chi connectivity index (χ2v) is 5.89. The molecule has 0 bridgehead atoms. The molecule has 1 fully saturated rings. The molecule has 2 N–H and O–H groups in total. The van der Waals surface area contributed by atoms with Gasteiger partial charge in [0.25, 0.3) is 0 Å². The predicted molar refractivity (Wildman–Crippen MR) is 74.4 cm³/mol. The van der Waals surface area contributed by atoms with Crippen molar-refractivity contribution in [3.63, 3.8) is 0 Å². The Balaban J connectivity index is 2.27. The van der Waals surface area contributed by atoms with Crippen LogP contribution in [-0.4, -0.2) is 30.8 Å². The highest BCUT2D eigenvalue weighted by molar-refractivity contribution is 9.10. The van der Waals surface area contributed by atoms with Crippen molar-refractivity contribution < 1.29 is 5.11 Å². The van der Waals surface area contributed by atoms with E-state index < -0.39 is 5.60 Å². The molecule has 17 heavy (non-hydrogen) atoms. The van der Waals surface area contributed by atoms with Crippen molar-refractivity contribution in [1.29, 1.82) is 0 Å². The summed E-state index contributed by atoms with van der Waals surface area (Å²) < 4.78 is 1.08. The lowest BCUT2D eigenvalue weighted by atomic mass is 10.1. The molecule has 0 aliphatic carbocycles. The topological polar surface area (TPSA) is 35.5 Å². The highest BCUT2D eigenvalue weighted by Crippen LogP contribution is 2.31. The summed E-state index contributed by atoms with van der Waals surface area (Å²) in [6.07, 6.45) is 0.832. The van der Waals surface area contributed by atoms with Crippen LogP contribution >= 0.6 is 15.9 Å². The largest absolute Gasteiger partial charge is 0.388 e. The lowest BCUT2D eigenvalue weighted by Gasteiger charge is -2.24. The van der Waals surface area contributed by atoms with E-state index in [1.165, 1.54) is 11.3 Å². The van der Waals surface area contributed by atoms with Gasteiger partial charge in [-0.15, -0.1) is 0 Å². The van der Waals surface area contributed by atoms with Crippen LogP contribution in [-0.2, 0) is 6.54 Å². The Bertz CT molecular complexity index is 406. The van der Waals surface area contributed by atoms with E-state index in [0.29, 0.717) is 6.54 Å². The van der Waals surface area contributed by atoms with Gasteiger partial charge in [0.05, 0.1) is 5.60 Å². The molecule has 94 valence electrons.